The van der Waals surface area contributed by atoms with E-state index in [1.54, 1.807) is 4.52 Å². The monoisotopic (exact) mass is 390 g/mol. The highest BCUT2D eigenvalue weighted by Crippen LogP contribution is 2.30. The van der Waals surface area contributed by atoms with Crippen molar-refractivity contribution in [1.29, 1.82) is 0 Å². The van der Waals surface area contributed by atoms with E-state index in [0.29, 0.717) is 12.0 Å². The van der Waals surface area contributed by atoms with Crippen LogP contribution in [0.3, 0.4) is 0 Å². The number of likely N-dealkylation sites (tertiary alicyclic amines) is 1. The average Bonchev–Trinajstić information content (AvgIpc) is 3.47. The van der Waals surface area contributed by atoms with Crippen LogP contribution in [0.2, 0.25) is 0 Å². The molecule has 0 unspecified atom stereocenters. The molecule has 0 atom stereocenters. The maximum Gasteiger partial charge on any atom is 0.249 e. The minimum absolute atomic E-state index is 0.0224. The van der Waals surface area contributed by atoms with E-state index in [-0.39, 0.29) is 11.8 Å². The summed E-state index contributed by atoms with van der Waals surface area (Å²) in [6.07, 6.45) is 1.92. The lowest BCUT2D eigenvalue weighted by Gasteiger charge is -2.39. The van der Waals surface area contributed by atoms with Gasteiger partial charge >= 0.3 is 0 Å². The zero-order valence-electron chi connectivity index (χ0n) is 16.6. The van der Waals surface area contributed by atoms with Gasteiger partial charge in [-0.15, -0.1) is 5.10 Å². The predicted octanol–water partition coefficient (Wildman–Crippen LogP) is 2.54. The van der Waals surface area contributed by atoms with Crippen LogP contribution in [-0.4, -0.2) is 51.1 Å². The summed E-state index contributed by atoms with van der Waals surface area (Å²) in [6.45, 7) is 6.40. The molecule has 2 aliphatic rings. The zero-order chi connectivity index (χ0) is 19.8. The molecule has 1 aliphatic carbocycles. The van der Waals surface area contributed by atoms with E-state index >= 15 is 0 Å². The van der Waals surface area contributed by atoms with Crippen LogP contribution >= 0.6 is 0 Å². The summed E-state index contributed by atoms with van der Waals surface area (Å²) in [6, 6.07) is 15.2. The molecule has 29 heavy (non-hydrogen) atoms. The largest absolute Gasteiger partial charge is 0.312 e. The highest BCUT2D eigenvalue weighted by Gasteiger charge is 2.30. The molecule has 1 aliphatic heterocycles. The van der Waals surface area contributed by atoms with Crippen molar-refractivity contribution < 1.29 is 4.79 Å². The Balaban J connectivity index is 1.31. The Labute approximate surface area is 170 Å². The number of carbonyl (C=O) groups excluding carboxylic acids is 1. The first-order valence-corrected chi connectivity index (χ1v) is 10.4. The van der Waals surface area contributed by atoms with E-state index in [2.05, 4.69) is 56.8 Å². The Morgan fingerprint density at radius 1 is 1.14 bits per heavy atom. The van der Waals surface area contributed by atoms with Gasteiger partial charge in [-0.3, -0.25) is 15.0 Å². The number of nitrogens with one attached hydrogen (secondary N) is 2. The van der Waals surface area contributed by atoms with Crippen LogP contribution in [-0.2, 0) is 11.3 Å². The van der Waals surface area contributed by atoms with Gasteiger partial charge in [0.1, 0.15) is 0 Å². The van der Waals surface area contributed by atoms with Gasteiger partial charge < -0.3 is 5.32 Å². The maximum absolute atomic E-state index is 12.0. The van der Waals surface area contributed by atoms with Crippen molar-refractivity contribution >= 4 is 17.5 Å². The smallest absolute Gasteiger partial charge is 0.249 e. The molecule has 7 heteroatoms. The van der Waals surface area contributed by atoms with E-state index in [1.807, 2.05) is 18.2 Å². The number of aromatic nitrogens is 3. The van der Waals surface area contributed by atoms with E-state index in [4.69, 9.17) is 0 Å². The summed E-state index contributed by atoms with van der Waals surface area (Å²) in [4.78, 5) is 18.9. The molecule has 2 aromatic heterocycles. The fourth-order valence-corrected chi connectivity index (χ4v) is 3.89. The quantitative estimate of drug-likeness (QED) is 0.649. The molecule has 2 N–H and O–H groups in total. The molecule has 2 fully saturated rings. The molecule has 3 aromatic rings. The summed E-state index contributed by atoms with van der Waals surface area (Å²) >= 11 is 0. The molecular weight excluding hydrogens is 364 g/mol. The van der Waals surface area contributed by atoms with E-state index < -0.39 is 0 Å². The maximum atomic E-state index is 12.0. The number of hydrogen-bond donors (Lipinski definition) is 2. The topological polar surface area (TPSA) is 74.6 Å². The molecule has 150 valence electrons. The molecule has 0 bridgehead atoms. The SMILES string of the molecule is CCNC1CN(Cc2ccc(-c3cccc4nc(NC(=O)C5CC5)nn34)cc2)C1. The standard InChI is InChI=1S/C22H26N6O/c1-2-23-18-13-27(14-18)12-15-6-8-16(9-7-15)19-4-3-5-20-24-22(26-28(19)20)25-21(29)17-10-11-17/h3-9,17-18,23H,2,10-14H2,1H3,(H,25,26,29). The van der Waals surface area contributed by atoms with Crippen molar-refractivity contribution in [2.24, 2.45) is 5.92 Å². The van der Waals surface area contributed by atoms with Gasteiger partial charge in [0, 0.05) is 37.2 Å². The summed E-state index contributed by atoms with van der Waals surface area (Å²) < 4.78 is 1.80. The molecule has 3 heterocycles. The minimum atomic E-state index is 0.0224. The van der Waals surface area contributed by atoms with E-state index in [0.717, 1.165) is 55.9 Å². The van der Waals surface area contributed by atoms with Gasteiger partial charge in [-0.25, -0.2) is 4.52 Å². The fourth-order valence-electron chi connectivity index (χ4n) is 3.89. The molecule has 0 radical (unpaired) electrons. The molecule has 1 saturated heterocycles. The van der Waals surface area contributed by atoms with Crippen molar-refractivity contribution in [3.05, 3.63) is 48.0 Å². The third kappa shape index (κ3) is 3.88. The third-order valence-electron chi connectivity index (χ3n) is 5.65. The summed E-state index contributed by atoms with van der Waals surface area (Å²) in [5.74, 6) is 0.529. The van der Waals surface area contributed by atoms with Crippen LogP contribution in [0.1, 0.15) is 25.3 Å². The lowest BCUT2D eigenvalue weighted by molar-refractivity contribution is -0.117. The lowest BCUT2D eigenvalue weighted by Crippen LogP contribution is -2.57. The summed E-state index contributed by atoms with van der Waals surface area (Å²) in [5, 5.41) is 10.8. The fraction of sp³-hybridized carbons (Fsp3) is 0.409. The third-order valence-corrected chi connectivity index (χ3v) is 5.65. The second-order valence-corrected chi connectivity index (χ2v) is 8.03. The Hall–Kier alpha value is -2.77. The molecule has 7 nitrogen and oxygen atoms in total. The Kier molecular flexibility index (Phi) is 4.77. The normalized spacial score (nSPS) is 17.4. The first-order valence-electron chi connectivity index (χ1n) is 10.4. The number of rotatable bonds is 7. The summed E-state index contributed by atoms with van der Waals surface area (Å²) in [5.41, 5.74) is 4.09. The van der Waals surface area contributed by atoms with Crippen LogP contribution in [0, 0.1) is 5.92 Å². The molecule has 5 rings (SSSR count). The van der Waals surface area contributed by atoms with Crippen LogP contribution < -0.4 is 10.6 Å². The first-order chi connectivity index (χ1) is 14.2. The number of nitrogens with zero attached hydrogens (tertiary/aromatic N) is 4. The van der Waals surface area contributed by atoms with Crippen LogP contribution in [0.5, 0.6) is 0 Å². The van der Waals surface area contributed by atoms with Crippen molar-refractivity contribution in [3.63, 3.8) is 0 Å². The number of amides is 1. The van der Waals surface area contributed by atoms with Gasteiger partial charge in [0.2, 0.25) is 11.9 Å². The van der Waals surface area contributed by atoms with Gasteiger partial charge in [-0.2, -0.15) is 4.98 Å². The van der Waals surface area contributed by atoms with Gasteiger partial charge in [-0.1, -0.05) is 37.3 Å². The number of benzene rings is 1. The number of carbonyl (C=O) groups is 1. The van der Waals surface area contributed by atoms with Gasteiger partial charge in [0.15, 0.2) is 5.65 Å². The minimum Gasteiger partial charge on any atom is -0.312 e. The lowest BCUT2D eigenvalue weighted by atomic mass is 10.0. The van der Waals surface area contributed by atoms with Crippen LogP contribution in [0.4, 0.5) is 5.95 Å². The van der Waals surface area contributed by atoms with Crippen molar-refractivity contribution in [2.45, 2.75) is 32.4 Å². The second kappa shape index (κ2) is 7.57. The Morgan fingerprint density at radius 3 is 2.66 bits per heavy atom. The second-order valence-electron chi connectivity index (χ2n) is 8.03. The van der Waals surface area contributed by atoms with Crippen molar-refractivity contribution in [3.8, 4) is 11.3 Å². The van der Waals surface area contributed by atoms with E-state index in [1.165, 1.54) is 5.56 Å². The van der Waals surface area contributed by atoms with Crippen molar-refractivity contribution in [2.75, 3.05) is 25.0 Å². The molecule has 1 saturated carbocycles. The number of likely N-dealkylation sites (N-methyl/N-ethyl adjacent to an activating group) is 1. The Morgan fingerprint density at radius 2 is 1.93 bits per heavy atom. The van der Waals surface area contributed by atoms with Gasteiger partial charge in [-0.05, 0) is 37.1 Å². The Bertz CT molecular complexity index is 1020. The highest BCUT2D eigenvalue weighted by molar-refractivity contribution is 5.92. The number of hydrogen-bond acceptors (Lipinski definition) is 5. The van der Waals surface area contributed by atoms with Gasteiger partial charge in [0.25, 0.3) is 0 Å². The molecule has 1 aromatic carbocycles. The predicted molar refractivity (Wildman–Crippen MR) is 113 cm³/mol. The number of fused-ring (bicyclic) bond motifs is 1. The summed E-state index contributed by atoms with van der Waals surface area (Å²) in [7, 11) is 0. The van der Waals surface area contributed by atoms with Crippen molar-refractivity contribution in [1.82, 2.24) is 24.8 Å². The van der Waals surface area contributed by atoms with Crippen LogP contribution in [0.15, 0.2) is 42.5 Å². The molecular formula is C22H26N6O. The molecule has 1 amide bonds. The average molecular weight is 390 g/mol. The number of anilines is 1. The first kappa shape index (κ1) is 18.3. The van der Waals surface area contributed by atoms with E-state index in [9.17, 15) is 4.79 Å². The highest BCUT2D eigenvalue weighted by atomic mass is 16.2. The van der Waals surface area contributed by atoms with Gasteiger partial charge in [0.05, 0.1) is 5.69 Å². The zero-order valence-corrected chi connectivity index (χ0v) is 16.6. The number of pyridine rings is 1. The van der Waals surface area contributed by atoms with Crippen LogP contribution in [0.25, 0.3) is 16.9 Å². The molecule has 0 spiro atoms.